The van der Waals surface area contributed by atoms with E-state index in [-0.39, 0.29) is 17.6 Å². The zero-order valence-electron chi connectivity index (χ0n) is 14.9. The molecule has 2 aliphatic rings. The molecule has 2 aliphatic carbocycles. The van der Waals surface area contributed by atoms with Crippen molar-refractivity contribution >= 4 is 12.1 Å². The molecule has 2 rings (SSSR count). The summed E-state index contributed by atoms with van der Waals surface area (Å²) in [7, 11) is 0. The normalized spacial score (nSPS) is 38.6. The number of nitrogens with one attached hydrogen (secondary N) is 1. The van der Waals surface area contributed by atoms with E-state index in [0.717, 1.165) is 18.9 Å². The Balaban J connectivity index is 1.84. The molecule has 3 N–H and O–H groups in total. The SMILES string of the molecule is C=CC(=O)OC1CCCCC1OC(=O)NCC1(C)C(C)C(N)C1C. The van der Waals surface area contributed by atoms with E-state index in [9.17, 15) is 9.59 Å². The highest BCUT2D eigenvalue weighted by Gasteiger charge is 2.52. The predicted octanol–water partition coefficient (Wildman–Crippen LogP) is 2.37. The zero-order chi connectivity index (χ0) is 17.9. The molecule has 0 radical (unpaired) electrons. The van der Waals surface area contributed by atoms with E-state index in [1.54, 1.807) is 0 Å². The number of nitrogens with two attached hydrogens (primary N) is 1. The summed E-state index contributed by atoms with van der Waals surface area (Å²) in [5, 5.41) is 2.86. The Morgan fingerprint density at radius 1 is 1.21 bits per heavy atom. The number of alkyl carbamates (subject to hydrolysis) is 1. The second-order valence-electron chi connectivity index (χ2n) is 7.42. The zero-order valence-corrected chi connectivity index (χ0v) is 14.9. The summed E-state index contributed by atoms with van der Waals surface area (Å²) in [6, 6.07) is 0.175. The van der Waals surface area contributed by atoms with Crippen molar-refractivity contribution in [2.45, 2.75) is 64.7 Å². The highest BCUT2D eigenvalue weighted by Crippen LogP contribution is 2.49. The summed E-state index contributed by atoms with van der Waals surface area (Å²) < 4.78 is 10.8. The molecule has 4 unspecified atom stereocenters. The van der Waals surface area contributed by atoms with Crippen molar-refractivity contribution in [1.29, 1.82) is 0 Å². The summed E-state index contributed by atoms with van der Waals surface area (Å²) in [5.41, 5.74) is 6.06. The minimum absolute atomic E-state index is 0.0142. The van der Waals surface area contributed by atoms with Crippen LogP contribution in [0.2, 0.25) is 0 Å². The number of hydrogen-bond donors (Lipinski definition) is 2. The van der Waals surface area contributed by atoms with E-state index in [1.165, 1.54) is 0 Å². The third kappa shape index (κ3) is 3.74. The molecule has 6 heteroatoms. The molecule has 24 heavy (non-hydrogen) atoms. The Morgan fingerprint density at radius 3 is 2.29 bits per heavy atom. The van der Waals surface area contributed by atoms with Gasteiger partial charge in [-0.15, -0.1) is 0 Å². The van der Waals surface area contributed by atoms with Crippen LogP contribution in [0.1, 0.15) is 46.5 Å². The van der Waals surface area contributed by atoms with Gasteiger partial charge in [-0.25, -0.2) is 9.59 Å². The van der Waals surface area contributed by atoms with Gasteiger partial charge in [0.1, 0.15) is 12.2 Å². The van der Waals surface area contributed by atoms with Crippen LogP contribution < -0.4 is 11.1 Å². The lowest BCUT2D eigenvalue weighted by Crippen LogP contribution is -2.64. The first-order valence-corrected chi connectivity index (χ1v) is 8.82. The van der Waals surface area contributed by atoms with Crippen LogP contribution in [0, 0.1) is 17.3 Å². The Kier molecular flexibility index (Phi) is 5.91. The maximum absolute atomic E-state index is 12.2. The Hall–Kier alpha value is -1.56. The molecule has 6 nitrogen and oxygen atoms in total. The van der Waals surface area contributed by atoms with Gasteiger partial charge < -0.3 is 20.5 Å². The van der Waals surface area contributed by atoms with Crippen molar-refractivity contribution in [2.24, 2.45) is 23.0 Å². The smallest absolute Gasteiger partial charge is 0.407 e. The molecule has 1 amide bonds. The molecule has 4 atom stereocenters. The van der Waals surface area contributed by atoms with E-state index in [0.29, 0.717) is 31.2 Å². The van der Waals surface area contributed by atoms with Gasteiger partial charge in [0.25, 0.3) is 0 Å². The molecule has 0 aromatic rings. The molecule has 0 aromatic heterocycles. The standard InChI is InChI=1S/C18H30N2O4/c1-5-15(21)23-13-8-6-7-9-14(13)24-17(22)20-10-18(4)11(2)16(19)12(18)3/h5,11-14,16H,1,6-10,19H2,2-4H3,(H,20,22). The maximum Gasteiger partial charge on any atom is 0.407 e. The van der Waals surface area contributed by atoms with E-state index in [2.05, 4.69) is 32.7 Å². The van der Waals surface area contributed by atoms with Crippen molar-refractivity contribution in [3.05, 3.63) is 12.7 Å². The van der Waals surface area contributed by atoms with E-state index in [1.807, 2.05) is 0 Å². The number of rotatable bonds is 5. The molecule has 0 aliphatic heterocycles. The highest BCUT2D eigenvalue weighted by molar-refractivity contribution is 5.81. The highest BCUT2D eigenvalue weighted by atomic mass is 16.6. The number of carbonyl (C=O) groups excluding carboxylic acids is 2. The largest absolute Gasteiger partial charge is 0.455 e. The average Bonchev–Trinajstić information content (AvgIpc) is 2.59. The van der Waals surface area contributed by atoms with Crippen LogP contribution in [-0.2, 0) is 14.3 Å². The van der Waals surface area contributed by atoms with Crippen molar-refractivity contribution in [2.75, 3.05) is 6.54 Å². The molecule has 0 bridgehead atoms. The van der Waals surface area contributed by atoms with Gasteiger partial charge in [-0.05, 0) is 42.9 Å². The summed E-state index contributed by atoms with van der Waals surface area (Å²) in [6.45, 7) is 10.3. The van der Waals surface area contributed by atoms with Gasteiger partial charge in [-0.3, -0.25) is 0 Å². The fourth-order valence-electron chi connectivity index (χ4n) is 3.90. The second-order valence-corrected chi connectivity index (χ2v) is 7.42. The molecular formula is C18H30N2O4. The third-order valence-electron chi connectivity index (χ3n) is 6.18. The molecule has 0 saturated heterocycles. The first-order chi connectivity index (χ1) is 11.3. The fourth-order valence-corrected chi connectivity index (χ4v) is 3.90. The van der Waals surface area contributed by atoms with E-state index >= 15 is 0 Å². The topological polar surface area (TPSA) is 90.6 Å². The molecule has 136 valence electrons. The van der Waals surface area contributed by atoms with Crippen molar-refractivity contribution < 1.29 is 19.1 Å². The number of amides is 1. The quantitative estimate of drug-likeness (QED) is 0.593. The summed E-state index contributed by atoms with van der Waals surface area (Å²) in [6.07, 6.45) is 3.23. The van der Waals surface area contributed by atoms with Gasteiger partial charge >= 0.3 is 12.1 Å². The van der Waals surface area contributed by atoms with Crippen LogP contribution in [0.25, 0.3) is 0 Å². The molecule has 0 aromatic carbocycles. The lowest BCUT2D eigenvalue weighted by atomic mass is 9.52. The first kappa shape index (κ1) is 18.8. The molecule has 2 fully saturated rings. The van der Waals surface area contributed by atoms with Gasteiger partial charge in [0.15, 0.2) is 0 Å². The molecule has 0 heterocycles. The van der Waals surface area contributed by atoms with E-state index in [4.69, 9.17) is 15.2 Å². The number of hydrogen-bond acceptors (Lipinski definition) is 5. The minimum Gasteiger partial charge on any atom is -0.455 e. The van der Waals surface area contributed by atoms with Crippen molar-refractivity contribution in [1.82, 2.24) is 5.32 Å². The van der Waals surface area contributed by atoms with Gasteiger partial charge in [0, 0.05) is 18.7 Å². The van der Waals surface area contributed by atoms with Gasteiger partial charge in [0.05, 0.1) is 0 Å². The van der Waals surface area contributed by atoms with Crippen LogP contribution in [0.15, 0.2) is 12.7 Å². The lowest BCUT2D eigenvalue weighted by molar-refractivity contribution is -0.151. The number of esters is 1. The monoisotopic (exact) mass is 338 g/mol. The Bertz CT molecular complexity index is 483. The summed E-state index contributed by atoms with van der Waals surface area (Å²) in [4.78, 5) is 23.6. The van der Waals surface area contributed by atoms with Gasteiger partial charge in [-0.1, -0.05) is 27.4 Å². The molecular weight excluding hydrogens is 308 g/mol. The number of carbonyl (C=O) groups is 2. The lowest BCUT2D eigenvalue weighted by Gasteiger charge is -2.56. The molecule has 2 saturated carbocycles. The Labute approximate surface area is 144 Å². The average molecular weight is 338 g/mol. The predicted molar refractivity (Wildman–Crippen MR) is 91.2 cm³/mol. The minimum atomic E-state index is -0.477. The number of ether oxygens (including phenoxy) is 2. The van der Waals surface area contributed by atoms with Crippen LogP contribution in [0.5, 0.6) is 0 Å². The van der Waals surface area contributed by atoms with Crippen molar-refractivity contribution in [3.63, 3.8) is 0 Å². The van der Waals surface area contributed by atoms with E-state index < -0.39 is 18.2 Å². The van der Waals surface area contributed by atoms with Gasteiger partial charge in [-0.2, -0.15) is 0 Å². The Morgan fingerprint density at radius 2 is 1.75 bits per heavy atom. The van der Waals surface area contributed by atoms with Crippen LogP contribution in [-0.4, -0.2) is 36.9 Å². The third-order valence-corrected chi connectivity index (χ3v) is 6.18. The maximum atomic E-state index is 12.2. The summed E-state index contributed by atoms with van der Waals surface area (Å²) >= 11 is 0. The first-order valence-electron chi connectivity index (χ1n) is 8.82. The van der Waals surface area contributed by atoms with Crippen LogP contribution in [0.3, 0.4) is 0 Å². The van der Waals surface area contributed by atoms with Crippen LogP contribution >= 0.6 is 0 Å². The molecule has 0 spiro atoms. The van der Waals surface area contributed by atoms with Crippen LogP contribution in [0.4, 0.5) is 4.79 Å². The van der Waals surface area contributed by atoms with Gasteiger partial charge in [0.2, 0.25) is 0 Å². The fraction of sp³-hybridized carbons (Fsp3) is 0.778. The summed E-state index contributed by atoms with van der Waals surface area (Å²) in [5.74, 6) is 0.224. The second kappa shape index (κ2) is 7.55. The van der Waals surface area contributed by atoms with Crippen molar-refractivity contribution in [3.8, 4) is 0 Å².